The molecular formula is C15H11F3N2O. The molecule has 0 aliphatic heterocycles. The summed E-state index contributed by atoms with van der Waals surface area (Å²) in [5, 5.41) is 0. The Bertz CT molecular complexity index is 821. The summed E-state index contributed by atoms with van der Waals surface area (Å²) in [5.74, 6) is 0.213. The molecule has 3 rings (SSSR count). The van der Waals surface area contributed by atoms with Crippen LogP contribution >= 0.6 is 0 Å². The van der Waals surface area contributed by atoms with Gasteiger partial charge in [-0.15, -0.1) is 0 Å². The summed E-state index contributed by atoms with van der Waals surface area (Å²) < 4.78 is 43.5. The first-order valence-corrected chi connectivity index (χ1v) is 6.19. The molecule has 0 fully saturated rings. The summed E-state index contributed by atoms with van der Waals surface area (Å²) in [6.07, 6.45) is -4.43. The Kier molecular flexibility index (Phi) is 2.90. The first kappa shape index (κ1) is 13.5. The number of hydrogen-bond acceptors (Lipinski definition) is 3. The summed E-state index contributed by atoms with van der Waals surface area (Å²) in [6.45, 7) is 1.88. The standard InChI is InChI=1S/C15H11F3N2O/c1-8-3-2-4-12-13(8)20-14(21-12)10-6-5-9(7-11(10)19)15(16,17)18/h2-7H,19H2,1H3. The molecule has 0 amide bonds. The van der Waals surface area contributed by atoms with Gasteiger partial charge in [-0.3, -0.25) is 0 Å². The third kappa shape index (κ3) is 2.33. The second-order valence-electron chi connectivity index (χ2n) is 4.74. The van der Waals surface area contributed by atoms with Gasteiger partial charge in [-0.25, -0.2) is 4.98 Å². The lowest BCUT2D eigenvalue weighted by atomic mass is 10.1. The third-order valence-corrected chi connectivity index (χ3v) is 3.23. The Balaban J connectivity index is 2.13. The lowest BCUT2D eigenvalue weighted by Crippen LogP contribution is -2.06. The molecule has 2 aromatic carbocycles. The molecule has 0 saturated heterocycles. The highest BCUT2D eigenvalue weighted by molar-refractivity contribution is 5.81. The van der Waals surface area contributed by atoms with E-state index in [4.69, 9.17) is 10.2 Å². The van der Waals surface area contributed by atoms with Crippen molar-refractivity contribution in [3.8, 4) is 11.5 Å². The zero-order valence-electron chi connectivity index (χ0n) is 11.0. The molecule has 1 heterocycles. The van der Waals surface area contributed by atoms with Crippen molar-refractivity contribution in [1.29, 1.82) is 0 Å². The molecule has 2 N–H and O–H groups in total. The summed E-state index contributed by atoms with van der Waals surface area (Å²) in [4.78, 5) is 4.31. The van der Waals surface area contributed by atoms with Gasteiger partial charge in [-0.1, -0.05) is 12.1 Å². The van der Waals surface area contributed by atoms with E-state index in [2.05, 4.69) is 4.98 Å². The highest BCUT2D eigenvalue weighted by Gasteiger charge is 2.31. The maximum Gasteiger partial charge on any atom is 0.416 e. The molecule has 0 saturated carbocycles. The van der Waals surface area contributed by atoms with Gasteiger partial charge in [0.1, 0.15) is 5.52 Å². The fourth-order valence-corrected chi connectivity index (χ4v) is 2.14. The van der Waals surface area contributed by atoms with Crippen LogP contribution in [0.5, 0.6) is 0 Å². The smallest absolute Gasteiger partial charge is 0.416 e. The van der Waals surface area contributed by atoms with Crippen molar-refractivity contribution in [3.63, 3.8) is 0 Å². The predicted octanol–water partition coefficient (Wildman–Crippen LogP) is 4.40. The summed E-state index contributed by atoms with van der Waals surface area (Å²) >= 11 is 0. The van der Waals surface area contributed by atoms with Crippen molar-refractivity contribution < 1.29 is 17.6 Å². The van der Waals surface area contributed by atoms with Crippen LogP contribution in [0, 0.1) is 6.92 Å². The second-order valence-corrected chi connectivity index (χ2v) is 4.74. The molecule has 0 unspecified atom stereocenters. The van der Waals surface area contributed by atoms with Crippen LogP contribution in [-0.2, 0) is 6.18 Å². The minimum Gasteiger partial charge on any atom is -0.436 e. The zero-order chi connectivity index (χ0) is 15.2. The van der Waals surface area contributed by atoms with Crippen LogP contribution in [0.2, 0.25) is 0 Å². The number of hydrogen-bond donors (Lipinski definition) is 1. The molecule has 0 spiro atoms. The first-order valence-electron chi connectivity index (χ1n) is 6.19. The van der Waals surface area contributed by atoms with Gasteiger partial charge in [0.15, 0.2) is 5.58 Å². The SMILES string of the molecule is Cc1cccc2oc(-c3ccc(C(F)(F)F)cc3N)nc12. The fourth-order valence-electron chi connectivity index (χ4n) is 2.14. The largest absolute Gasteiger partial charge is 0.436 e. The zero-order valence-corrected chi connectivity index (χ0v) is 11.0. The average molecular weight is 292 g/mol. The van der Waals surface area contributed by atoms with Crippen molar-refractivity contribution in [2.24, 2.45) is 0 Å². The molecule has 6 heteroatoms. The summed E-state index contributed by atoms with van der Waals surface area (Å²) in [5.41, 5.74) is 7.41. The summed E-state index contributed by atoms with van der Waals surface area (Å²) in [6, 6.07) is 8.58. The predicted molar refractivity (Wildman–Crippen MR) is 73.6 cm³/mol. The topological polar surface area (TPSA) is 52.0 Å². The Morgan fingerprint density at radius 1 is 1.14 bits per heavy atom. The number of halogens is 3. The molecule has 0 radical (unpaired) electrons. The van der Waals surface area contributed by atoms with Crippen molar-refractivity contribution >= 4 is 16.8 Å². The van der Waals surface area contributed by atoms with Gasteiger partial charge in [0, 0.05) is 5.69 Å². The number of anilines is 1. The Hall–Kier alpha value is -2.50. The number of fused-ring (bicyclic) bond motifs is 1. The van der Waals surface area contributed by atoms with Crippen molar-refractivity contribution in [3.05, 3.63) is 47.5 Å². The van der Waals surface area contributed by atoms with Crippen molar-refractivity contribution in [1.82, 2.24) is 4.98 Å². The van der Waals surface area contributed by atoms with E-state index >= 15 is 0 Å². The highest BCUT2D eigenvalue weighted by atomic mass is 19.4. The number of aromatic nitrogens is 1. The van der Waals surface area contributed by atoms with Gasteiger partial charge in [-0.05, 0) is 36.8 Å². The Labute approximate surface area is 118 Å². The average Bonchev–Trinajstić information content (AvgIpc) is 2.82. The lowest BCUT2D eigenvalue weighted by molar-refractivity contribution is -0.137. The molecule has 0 aliphatic rings. The highest BCUT2D eigenvalue weighted by Crippen LogP contribution is 2.35. The number of alkyl halides is 3. The quantitative estimate of drug-likeness (QED) is 0.676. The van der Waals surface area contributed by atoms with Crippen LogP contribution in [0.1, 0.15) is 11.1 Å². The van der Waals surface area contributed by atoms with Crippen LogP contribution < -0.4 is 5.73 Å². The number of para-hydroxylation sites is 1. The van der Waals surface area contributed by atoms with E-state index in [1.54, 1.807) is 6.07 Å². The van der Waals surface area contributed by atoms with E-state index < -0.39 is 11.7 Å². The minimum absolute atomic E-state index is 0.0194. The number of rotatable bonds is 1. The van der Waals surface area contributed by atoms with Gasteiger partial charge in [0.25, 0.3) is 0 Å². The maximum absolute atomic E-state index is 12.6. The third-order valence-electron chi connectivity index (χ3n) is 3.23. The monoisotopic (exact) mass is 292 g/mol. The van der Waals surface area contributed by atoms with Gasteiger partial charge in [0.2, 0.25) is 5.89 Å². The normalized spacial score (nSPS) is 12.0. The van der Waals surface area contributed by atoms with Gasteiger partial charge >= 0.3 is 6.18 Å². The van der Waals surface area contributed by atoms with Crippen molar-refractivity contribution in [2.75, 3.05) is 5.73 Å². The van der Waals surface area contributed by atoms with Crippen molar-refractivity contribution in [2.45, 2.75) is 13.1 Å². The van der Waals surface area contributed by atoms with Gasteiger partial charge in [-0.2, -0.15) is 13.2 Å². The van der Waals surface area contributed by atoms with Crippen LogP contribution in [-0.4, -0.2) is 4.98 Å². The molecule has 0 bridgehead atoms. The van der Waals surface area contributed by atoms with E-state index in [9.17, 15) is 13.2 Å². The molecule has 108 valence electrons. The Morgan fingerprint density at radius 3 is 2.52 bits per heavy atom. The van der Waals surface area contributed by atoms with Crippen LogP contribution in [0.25, 0.3) is 22.6 Å². The van der Waals surface area contributed by atoms with Gasteiger partial charge in [0.05, 0.1) is 11.1 Å². The first-order chi connectivity index (χ1) is 9.86. The van der Waals surface area contributed by atoms with E-state index in [0.29, 0.717) is 16.7 Å². The maximum atomic E-state index is 12.6. The molecule has 0 atom stereocenters. The molecule has 0 aliphatic carbocycles. The second kappa shape index (κ2) is 4.51. The number of nitrogens with two attached hydrogens (primary N) is 1. The van der Waals surface area contributed by atoms with E-state index in [0.717, 1.165) is 17.7 Å². The molecule has 3 aromatic rings. The van der Waals surface area contributed by atoms with Crippen LogP contribution in [0.15, 0.2) is 40.8 Å². The molecular weight excluding hydrogens is 281 g/mol. The summed E-state index contributed by atoms with van der Waals surface area (Å²) in [7, 11) is 0. The van der Waals surface area contributed by atoms with E-state index in [-0.39, 0.29) is 11.6 Å². The van der Waals surface area contributed by atoms with E-state index in [1.165, 1.54) is 6.07 Å². The Morgan fingerprint density at radius 2 is 1.90 bits per heavy atom. The number of benzene rings is 2. The number of aryl methyl sites for hydroxylation is 1. The van der Waals surface area contributed by atoms with Crippen LogP contribution in [0.3, 0.4) is 0 Å². The number of nitrogens with zero attached hydrogens (tertiary/aromatic N) is 1. The fraction of sp³-hybridized carbons (Fsp3) is 0.133. The number of nitrogen functional groups attached to an aromatic ring is 1. The lowest BCUT2D eigenvalue weighted by Gasteiger charge is -2.08. The van der Waals surface area contributed by atoms with Crippen LogP contribution in [0.4, 0.5) is 18.9 Å². The number of oxazole rings is 1. The molecule has 1 aromatic heterocycles. The van der Waals surface area contributed by atoms with E-state index in [1.807, 2.05) is 19.1 Å². The minimum atomic E-state index is -4.43. The molecule has 21 heavy (non-hydrogen) atoms. The molecule has 3 nitrogen and oxygen atoms in total. The van der Waals surface area contributed by atoms with Gasteiger partial charge < -0.3 is 10.2 Å².